The van der Waals surface area contributed by atoms with E-state index in [-0.39, 0.29) is 5.78 Å². The van der Waals surface area contributed by atoms with Crippen molar-refractivity contribution in [2.75, 3.05) is 13.1 Å². The zero-order chi connectivity index (χ0) is 13.0. The van der Waals surface area contributed by atoms with Crippen LogP contribution in [0, 0.1) is 0 Å². The first-order valence-electron chi connectivity index (χ1n) is 6.74. The van der Waals surface area contributed by atoms with Crippen molar-refractivity contribution in [2.45, 2.75) is 38.6 Å². The van der Waals surface area contributed by atoms with Crippen LogP contribution in [-0.2, 0) is 0 Å². The number of hydrogen-bond acceptors (Lipinski definition) is 2. The molecule has 2 rings (SSSR count). The van der Waals surface area contributed by atoms with Crippen molar-refractivity contribution in [3.63, 3.8) is 0 Å². The standard InChI is InChI=1S/C15H20ClNO/c1-2-12-6-5-10-17(12)11-9-15(18)13-7-3-4-8-14(13)16/h3-4,7-8,12H,2,5-6,9-11H2,1H3. The Hall–Kier alpha value is -0.860. The van der Waals surface area contributed by atoms with Crippen LogP contribution in [0.5, 0.6) is 0 Å². The van der Waals surface area contributed by atoms with Gasteiger partial charge in [-0.2, -0.15) is 0 Å². The quantitative estimate of drug-likeness (QED) is 0.755. The molecule has 2 nitrogen and oxygen atoms in total. The summed E-state index contributed by atoms with van der Waals surface area (Å²) in [5.41, 5.74) is 0.659. The Morgan fingerprint density at radius 1 is 1.44 bits per heavy atom. The number of hydrogen-bond donors (Lipinski definition) is 0. The maximum atomic E-state index is 12.1. The van der Waals surface area contributed by atoms with E-state index < -0.39 is 0 Å². The second-order valence-corrected chi connectivity index (χ2v) is 5.30. The van der Waals surface area contributed by atoms with E-state index in [2.05, 4.69) is 11.8 Å². The number of halogens is 1. The van der Waals surface area contributed by atoms with Gasteiger partial charge in [0.1, 0.15) is 0 Å². The minimum absolute atomic E-state index is 0.155. The first-order valence-corrected chi connectivity index (χ1v) is 7.12. The third-order valence-corrected chi connectivity index (χ3v) is 4.10. The van der Waals surface area contributed by atoms with Gasteiger partial charge in [-0.05, 0) is 37.9 Å². The van der Waals surface area contributed by atoms with Crippen LogP contribution in [0.1, 0.15) is 43.0 Å². The molecule has 1 aliphatic heterocycles. The molecule has 0 amide bonds. The summed E-state index contributed by atoms with van der Waals surface area (Å²) < 4.78 is 0. The number of benzene rings is 1. The molecular weight excluding hydrogens is 246 g/mol. The highest BCUT2D eigenvalue weighted by molar-refractivity contribution is 6.33. The number of likely N-dealkylation sites (tertiary alicyclic amines) is 1. The van der Waals surface area contributed by atoms with Gasteiger partial charge in [0.25, 0.3) is 0 Å². The molecule has 0 radical (unpaired) electrons. The lowest BCUT2D eigenvalue weighted by Crippen LogP contribution is -2.30. The predicted molar refractivity (Wildman–Crippen MR) is 75.3 cm³/mol. The fourth-order valence-electron chi connectivity index (χ4n) is 2.72. The summed E-state index contributed by atoms with van der Waals surface area (Å²) in [6, 6.07) is 7.98. The number of nitrogens with zero attached hydrogens (tertiary/aromatic N) is 1. The van der Waals surface area contributed by atoms with E-state index in [9.17, 15) is 4.79 Å². The zero-order valence-corrected chi connectivity index (χ0v) is 11.6. The average molecular weight is 266 g/mol. The van der Waals surface area contributed by atoms with Crippen LogP contribution in [0.15, 0.2) is 24.3 Å². The van der Waals surface area contributed by atoms with E-state index >= 15 is 0 Å². The molecule has 0 N–H and O–H groups in total. The molecule has 1 atom stereocenters. The monoisotopic (exact) mass is 265 g/mol. The number of carbonyl (C=O) groups is 1. The molecule has 0 bridgehead atoms. The number of ketones is 1. The smallest absolute Gasteiger partial charge is 0.165 e. The van der Waals surface area contributed by atoms with Crippen LogP contribution in [-0.4, -0.2) is 29.8 Å². The Balaban J connectivity index is 1.91. The topological polar surface area (TPSA) is 20.3 Å². The van der Waals surface area contributed by atoms with E-state index in [1.54, 1.807) is 6.07 Å². The third-order valence-electron chi connectivity index (χ3n) is 3.77. The van der Waals surface area contributed by atoms with Crippen LogP contribution in [0.3, 0.4) is 0 Å². The second-order valence-electron chi connectivity index (χ2n) is 4.89. The van der Waals surface area contributed by atoms with Gasteiger partial charge in [-0.25, -0.2) is 0 Å². The lowest BCUT2D eigenvalue weighted by molar-refractivity contribution is 0.0961. The summed E-state index contributed by atoms with van der Waals surface area (Å²) in [6.07, 6.45) is 4.29. The number of Topliss-reactive ketones (excluding diaryl/α,β-unsaturated/α-hetero) is 1. The largest absolute Gasteiger partial charge is 0.300 e. The Bertz CT molecular complexity index is 419. The van der Waals surface area contributed by atoms with Crippen LogP contribution < -0.4 is 0 Å². The normalized spacial score (nSPS) is 20.2. The van der Waals surface area contributed by atoms with E-state index in [4.69, 9.17) is 11.6 Å². The molecule has 18 heavy (non-hydrogen) atoms. The van der Waals surface area contributed by atoms with Gasteiger partial charge in [-0.3, -0.25) is 9.69 Å². The molecule has 1 saturated heterocycles. The van der Waals surface area contributed by atoms with Crippen molar-refractivity contribution < 1.29 is 4.79 Å². The minimum atomic E-state index is 0.155. The summed E-state index contributed by atoms with van der Waals surface area (Å²) in [5.74, 6) is 0.155. The molecule has 3 heteroatoms. The van der Waals surface area contributed by atoms with Gasteiger partial charge in [-0.15, -0.1) is 0 Å². The van der Waals surface area contributed by atoms with Crippen LogP contribution >= 0.6 is 11.6 Å². The Kier molecular flexibility index (Phi) is 4.79. The fourth-order valence-corrected chi connectivity index (χ4v) is 2.96. The molecule has 1 unspecified atom stereocenters. The summed E-state index contributed by atoms with van der Waals surface area (Å²) in [4.78, 5) is 14.5. The van der Waals surface area contributed by atoms with Gasteiger partial charge < -0.3 is 0 Å². The first kappa shape index (κ1) is 13.6. The van der Waals surface area contributed by atoms with Crippen LogP contribution in [0.25, 0.3) is 0 Å². The molecule has 1 aromatic rings. The molecule has 98 valence electrons. The molecule has 0 spiro atoms. The van der Waals surface area contributed by atoms with Crippen LogP contribution in [0.4, 0.5) is 0 Å². The minimum Gasteiger partial charge on any atom is -0.300 e. The Morgan fingerprint density at radius 3 is 2.94 bits per heavy atom. The maximum absolute atomic E-state index is 12.1. The molecule has 1 aromatic carbocycles. The zero-order valence-electron chi connectivity index (χ0n) is 10.9. The lowest BCUT2D eigenvalue weighted by atomic mass is 10.1. The number of carbonyl (C=O) groups excluding carboxylic acids is 1. The summed E-state index contributed by atoms with van der Waals surface area (Å²) in [7, 11) is 0. The molecule has 1 heterocycles. The van der Waals surface area contributed by atoms with Gasteiger partial charge in [0.2, 0.25) is 0 Å². The van der Waals surface area contributed by atoms with Gasteiger partial charge in [0.15, 0.2) is 5.78 Å². The van der Waals surface area contributed by atoms with Crippen LogP contribution in [0.2, 0.25) is 5.02 Å². The summed E-state index contributed by atoms with van der Waals surface area (Å²) in [5, 5.41) is 0.566. The first-order chi connectivity index (χ1) is 8.72. The molecule has 1 fully saturated rings. The van der Waals surface area contributed by atoms with Crippen molar-refractivity contribution in [1.82, 2.24) is 4.90 Å². The lowest BCUT2D eigenvalue weighted by Gasteiger charge is -2.22. The van der Waals surface area contributed by atoms with Gasteiger partial charge in [0.05, 0.1) is 5.02 Å². The maximum Gasteiger partial charge on any atom is 0.165 e. The third kappa shape index (κ3) is 3.12. The van der Waals surface area contributed by atoms with Crippen molar-refractivity contribution in [1.29, 1.82) is 0 Å². The van der Waals surface area contributed by atoms with Crippen molar-refractivity contribution in [2.24, 2.45) is 0 Å². The highest BCUT2D eigenvalue weighted by atomic mass is 35.5. The average Bonchev–Trinajstić information content (AvgIpc) is 2.84. The molecule has 1 aliphatic rings. The van der Waals surface area contributed by atoms with Crippen molar-refractivity contribution in [3.8, 4) is 0 Å². The van der Waals surface area contributed by atoms with Crippen molar-refractivity contribution in [3.05, 3.63) is 34.9 Å². The molecule has 0 aromatic heterocycles. The fraction of sp³-hybridized carbons (Fsp3) is 0.533. The van der Waals surface area contributed by atoms with E-state index in [1.807, 2.05) is 18.2 Å². The summed E-state index contributed by atoms with van der Waals surface area (Å²) in [6.45, 7) is 4.22. The summed E-state index contributed by atoms with van der Waals surface area (Å²) >= 11 is 6.04. The Labute approximate surface area is 114 Å². The van der Waals surface area contributed by atoms with Gasteiger partial charge in [0, 0.05) is 24.6 Å². The van der Waals surface area contributed by atoms with Gasteiger partial charge >= 0.3 is 0 Å². The van der Waals surface area contributed by atoms with Gasteiger partial charge in [-0.1, -0.05) is 30.7 Å². The number of rotatable bonds is 5. The second kappa shape index (κ2) is 6.35. The van der Waals surface area contributed by atoms with Crippen molar-refractivity contribution >= 4 is 17.4 Å². The highest BCUT2D eigenvalue weighted by Crippen LogP contribution is 2.21. The van der Waals surface area contributed by atoms with E-state index in [1.165, 1.54) is 19.3 Å². The van der Waals surface area contributed by atoms with E-state index in [0.29, 0.717) is 23.0 Å². The predicted octanol–water partition coefficient (Wildman–Crippen LogP) is 3.79. The highest BCUT2D eigenvalue weighted by Gasteiger charge is 2.23. The van der Waals surface area contributed by atoms with E-state index in [0.717, 1.165) is 13.1 Å². The SMILES string of the molecule is CCC1CCCN1CCC(=O)c1ccccc1Cl. The molecular formula is C15H20ClNO. The molecule has 0 aliphatic carbocycles. The Morgan fingerprint density at radius 2 is 2.22 bits per heavy atom. The molecule has 0 saturated carbocycles.